The lowest BCUT2D eigenvalue weighted by molar-refractivity contribution is 0.0322. The zero-order valence-electron chi connectivity index (χ0n) is 12.5. The summed E-state index contributed by atoms with van der Waals surface area (Å²) < 4.78 is 5.43. The molecule has 0 amide bonds. The SMILES string of the molecule is CCN(c1cc2cccc(O)c2nc1C)N1CCOCC1. The maximum Gasteiger partial charge on any atom is 0.141 e. The third kappa shape index (κ3) is 2.66. The normalized spacial score (nSPS) is 16.3. The fraction of sp³-hybridized carbons (Fsp3) is 0.438. The van der Waals surface area contributed by atoms with E-state index >= 15 is 0 Å². The Morgan fingerprint density at radius 3 is 2.81 bits per heavy atom. The molecule has 1 aliphatic heterocycles. The van der Waals surface area contributed by atoms with Gasteiger partial charge in [-0.2, -0.15) is 0 Å². The number of nitrogens with zero attached hydrogens (tertiary/aromatic N) is 3. The van der Waals surface area contributed by atoms with Crippen molar-refractivity contribution in [2.24, 2.45) is 0 Å². The number of aryl methyl sites for hydroxylation is 1. The van der Waals surface area contributed by atoms with Crippen LogP contribution in [0.5, 0.6) is 5.75 Å². The van der Waals surface area contributed by atoms with Crippen LogP contribution >= 0.6 is 0 Å². The van der Waals surface area contributed by atoms with Crippen LogP contribution < -0.4 is 5.01 Å². The molecule has 0 radical (unpaired) electrons. The summed E-state index contributed by atoms with van der Waals surface area (Å²) in [5.74, 6) is 0.233. The zero-order chi connectivity index (χ0) is 14.8. The molecule has 5 nitrogen and oxygen atoms in total. The lowest BCUT2D eigenvalue weighted by Gasteiger charge is -2.38. The minimum atomic E-state index is 0.233. The first kappa shape index (κ1) is 14.1. The van der Waals surface area contributed by atoms with E-state index in [4.69, 9.17) is 4.74 Å². The maximum atomic E-state index is 9.93. The molecule has 21 heavy (non-hydrogen) atoms. The number of morpholine rings is 1. The van der Waals surface area contributed by atoms with E-state index in [2.05, 4.69) is 28.0 Å². The van der Waals surface area contributed by atoms with Crippen molar-refractivity contribution in [1.82, 2.24) is 9.99 Å². The monoisotopic (exact) mass is 287 g/mol. The number of pyridine rings is 1. The number of ether oxygens (including phenoxy) is 1. The van der Waals surface area contributed by atoms with Crippen LogP contribution in [-0.4, -0.2) is 47.9 Å². The second-order valence-corrected chi connectivity index (χ2v) is 5.22. The minimum absolute atomic E-state index is 0.233. The molecular formula is C16H21N3O2. The molecule has 1 aliphatic rings. The first-order valence-corrected chi connectivity index (χ1v) is 7.40. The number of para-hydroxylation sites is 1. The highest BCUT2D eigenvalue weighted by molar-refractivity contribution is 5.87. The lowest BCUT2D eigenvalue weighted by atomic mass is 10.1. The first-order chi connectivity index (χ1) is 10.2. The number of phenolic OH excluding ortho intramolecular Hbond substituents is 1. The summed E-state index contributed by atoms with van der Waals surface area (Å²) in [6, 6.07) is 7.62. The quantitative estimate of drug-likeness (QED) is 0.939. The first-order valence-electron chi connectivity index (χ1n) is 7.40. The van der Waals surface area contributed by atoms with Gasteiger partial charge in [0.2, 0.25) is 0 Å². The van der Waals surface area contributed by atoms with E-state index in [1.54, 1.807) is 6.07 Å². The molecule has 2 aromatic rings. The second-order valence-electron chi connectivity index (χ2n) is 5.22. The average molecular weight is 287 g/mol. The summed E-state index contributed by atoms with van der Waals surface area (Å²) in [6.07, 6.45) is 0. The van der Waals surface area contributed by atoms with Crippen molar-refractivity contribution in [2.45, 2.75) is 13.8 Å². The molecule has 0 bridgehead atoms. The number of hydrogen-bond acceptors (Lipinski definition) is 5. The molecule has 0 aliphatic carbocycles. The van der Waals surface area contributed by atoms with Crippen molar-refractivity contribution >= 4 is 16.6 Å². The van der Waals surface area contributed by atoms with E-state index in [-0.39, 0.29) is 5.75 Å². The number of rotatable bonds is 3. The fourth-order valence-electron chi connectivity index (χ4n) is 2.84. The van der Waals surface area contributed by atoms with Crippen molar-refractivity contribution in [3.05, 3.63) is 30.0 Å². The van der Waals surface area contributed by atoms with Crippen molar-refractivity contribution in [3.8, 4) is 5.75 Å². The largest absolute Gasteiger partial charge is 0.506 e. The number of benzene rings is 1. The highest BCUT2D eigenvalue weighted by atomic mass is 16.5. The van der Waals surface area contributed by atoms with Crippen LogP contribution in [0, 0.1) is 6.92 Å². The Bertz CT molecular complexity index is 639. The highest BCUT2D eigenvalue weighted by Gasteiger charge is 2.20. The van der Waals surface area contributed by atoms with Gasteiger partial charge in [-0.3, -0.25) is 0 Å². The number of hydrazine groups is 1. The molecule has 0 atom stereocenters. The summed E-state index contributed by atoms with van der Waals surface area (Å²) in [7, 11) is 0. The number of aromatic nitrogens is 1. The third-order valence-corrected chi connectivity index (χ3v) is 3.89. The van der Waals surface area contributed by atoms with Gasteiger partial charge in [0.1, 0.15) is 11.3 Å². The number of aromatic hydroxyl groups is 1. The average Bonchev–Trinajstić information content (AvgIpc) is 2.51. The molecule has 1 aromatic heterocycles. The van der Waals surface area contributed by atoms with Gasteiger partial charge in [0, 0.05) is 25.0 Å². The summed E-state index contributed by atoms with van der Waals surface area (Å²) >= 11 is 0. The van der Waals surface area contributed by atoms with Gasteiger partial charge in [0.15, 0.2) is 0 Å². The van der Waals surface area contributed by atoms with Crippen LogP contribution in [0.3, 0.4) is 0 Å². The van der Waals surface area contributed by atoms with Crippen molar-refractivity contribution < 1.29 is 9.84 Å². The molecule has 1 fully saturated rings. The predicted molar refractivity (Wildman–Crippen MR) is 83.6 cm³/mol. The van der Waals surface area contributed by atoms with E-state index in [9.17, 15) is 5.11 Å². The zero-order valence-corrected chi connectivity index (χ0v) is 12.5. The van der Waals surface area contributed by atoms with Gasteiger partial charge in [-0.1, -0.05) is 12.1 Å². The third-order valence-electron chi connectivity index (χ3n) is 3.89. The van der Waals surface area contributed by atoms with Crippen LogP contribution in [-0.2, 0) is 4.74 Å². The number of hydrogen-bond donors (Lipinski definition) is 1. The Balaban J connectivity index is 2.03. The second kappa shape index (κ2) is 5.87. The smallest absolute Gasteiger partial charge is 0.141 e. The fourth-order valence-corrected chi connectivity index (χ4v) is 2.84. The summed E-state index contributed by atoms with van der Waals surface area (Å²) in [5, 5.41) is 15.5. The predicted octanol–water partition coefficient (Wildman–Crippen LogP) is 2.32. The standard InChI is InChI=1S/C16H21N3O2/c1-3-19(18-7-9-21-10-8-18)14-11-13-5-4-6-15(20)16(13)17-12(14)2/h4-6,11,20H,3,7-10H2,1-2H3. The van der Waals surface area contributed by atoms with Gasteiger partial charge in [-0.25, -0.2) is 9.99 Å². The molecule has 112 valence electrons. The van der Waals surface area contributed by atoms with Crippen molar-refractivity contribution in [2.75, 3.05) is 37.9 Å². The number of phenols is 1. The van der Waals surface area contributed by atoms with Gasteiger partial charge in [0.05, 0.1) is 24.6 Å². The highest BCUT2D eigenvalue weighted by Crippen LogP contribution is 2.29. The van der Waals surface area contributed by atoms with E-state index in [1.807, 2.05) is 19.1 Å². The molecular weight excluding hydrogens is 266 g/mol. The maximum absolute atomic E-state index is 9.93. The molecule has 3 rings (SSSR count). The Morgan fingerprint density at radius 2 is 2.10 bits per heavy atom. The van der Waals surface area contributed by atoms with Crippen LogP contribution in [0.2, 0.25) is 0 Å². The number of anilines is 1. The van der Waals surface area contributed by atoms with E-state index < -0.39 is 0 Å². The van der Waals surface area contributed by atoms with Crippen LogP contribution in [0.1, 0.15) is 12.6 Å². The Kier molecular flexibility index (Phi) is 3.94. The van der Waals surface area contributed by atoms with Crippen LogP contribution in [0.4, 0.5) is 5.69 Å². The van der Waals surface area contributed by atoms with E-state index in [0.717, 1.165) is 49.6 Å². The molecule has 0 unspecified atom stereocenters. The summed E-state index contributed by atoms with van der Waals surface area (Å²) in [4.78, 5) is 4.59. The van der Waals surface area contributed by atoms with Gasteiger partial charge in [-0.15, -0.1) is 0 Å². The van der Waals surface area contributed by atoms with Gasteiger partial charge in [-0.05, 0) is 26.0 Å². The van der Waals surface area contributed by atoms with E-state index in [1.165, 1.54) is 0 Å². The molecule has 0 saturated carbocycles. The topological polar surface area (TPSA) is 48.8 Å². The molecule has 1 aromatic carbocycles. The molecule has 2 heterocycles. The lowest BCUT2D eigenvalue weighted by Crippen LogP contribution is -2.49. The summed E-state index contributed by atoms with van der Waals surface area (Å²) in [6.45, 7) is 8.32. The van der Waals surface area contributed by atoms with Crippen molar-refractivity contribution in [1.29, 1.82) is 0 Å². The van der Waals surface area contributed by atoms with Crippen LogP contribution in [0.15, 0.2) is 24.3 Å². The minimum Gasteiger partial charge on any atom is -0.506 e. The van der Waals surface area contributed by atoms with Crippen LogP contribution in [0.25, 0.3) is 10.9 Å². The van der Waals surface area contributed by atoms with Crippen molar-refractivity contribution in [3.63, 3.8) is 0 Å². The van der Waals surface area contributed by atoms with E-state index in [0.29, 0.717) is 5.52 Å². The van der Waals surface area contributed by atoms with Gasteiger partial charge < -0.3 is 14.9 Å². The Morgan fingerprint density at radius 1 is 1.33 bits per heavy atom. The van der Waals surface area contributed by atoms with Gasteiger partial charge in [0.25, 0.3) is 0 Å². The van der Waals surface area contributed by atoms with Gasteiger partial charge >= 0.3 is 0 Å². The molecule has 0 spiro atoms. The molecule has 1 N–H and O–H groups in total. The Labute approximate surface area is 124 Å². The molecule has 1 saturated heterocycles. The number of fused-ring (bicyclic) bond motifs is 1. The summed E-state index contributed by atoms with van der Waals surface area (Å²) in [5.41, 5.74) is 2.69. The Hall–Kier alpha value is -1.85. The molecule has 5 heteroatoms.